The summed E-state index contributed by atoms with van der Waals surface area (Å²) in [6.45, 7) is 0. The number of hydrogen-bond donors (Lipinski definition) is 2. The van der Waals surface area contributed by atoms with Gasteiger partial charge < -0.3 is 18.9 Å². The smallest absolute Gasteiger partial charge is 0.465 e. The molecule has 0 unspecified atom stereocenters. The molecule has 0 aliphatic carbocycles. The number of halogens is 7. The first-order valence-electron chi connectivity index (χ1n) is 11.3. The van der Waals surface area contributed by atoms with E-state index < -0.39 is 7.12 Å². The Morgan fingerprint density at radius 1 is 0.634 bits per heavy atom. The van der Waals surface area contributed by atoms with Gasteiger partial charge in [0, 0.05) is 28.9 Å². The maximum absolute atomic E-state index is 13.5. The van der Waals surface area contributed by atoms with E-state index in [1.807, 2.05) is 48.5 Å². The normalized spacial score (nSPS) is 10.4. The highest BCUT2D eigenvalue weighted by Crippen LogP contribution is 2.31. The maximum atomic E-state index is 13.5. The molecule has 0 saturated heterocycles. The van der Waals surface area contributed by atoms with Gasteiger partial charge >= 0.3 is 7.12 Å². The summed E-state index contributed by atoms with van der Waals surface area (Å²) in [5.74, 6) is 0.158. The third-order valence-electron chi connectivity index (χ3n) is 5.32. The van der Waals surface area contributed by atoms with E-state index >= 15 is 0 Å². The van der Waals surface area contributed by atoms with Crippen molar-refractivity contribution in [1.82, 2.24) is 0 Å². The van der Waals surface area contributed by atoms with Crippen molar-refractivity contribution in [3.63, 3.8) is 0 Å². The molecule has 0 radical (unpaired) electrons. The Bertz CT molecular complexity index is 1790. The van der Waals surface area contributed by atoms with Crippen LogP contribution in [-0.4, -0.2) is 17.2 Å². The molecule has 4 aromatic carbocycles. The summed E-state index contributed by atoms with van der Waals surface area (Å²) in [4.78, 5) is 0. The zero-order valence-electron chi connectivity index (χ0n) is 20.0. The lowest BCUT2D eigenvalue weighted by Gasteiger charge is -1.98. The second-order valence-electron chi connectivity index (χ2n) is 8.18. The number of benzene rings is 4. The average molecular weight is 928 g/mol. The molecule has 0 fully saturated rings. The van der Waals surface area contributed by atoms with Gasteiger partial charge in [0.2, 0.25) is 0 Å². The third-order valence-corrected chi connectivity index (χ3v) is 8.26. The van der Waals surface area contributed by atoms with E-state index in [1.165, 1.54) is 12.1 Å². The lowest BCUT2D eigenvalue weighted by atomic mass is 9.88. The number of hydrogen-bond acceptors (Lipinski definition) is 4. The number of furan rings is 2. The minimum absolute atomic E-state index is 0. The predicted octanol–water partition coefficient (Wildman–Crippen LogP) is 10.5. The Balaban J connectivity index is 0.000000177. The highest BCUT2D eigenvalue weighted by Gasteiger charge is 2.16. The van der Waals surface area contributed by atoms with Crippen molar-refractivity contribution in [3.05, 3.63) is 118 Å². The lowest BCUT2D eigenvalue weighted by Crippen LogP contribution is -2.27. The van der Waals surface area contributed by atoms with Crippen molar-refractivity contribution in [3.8, 4) is 11.3 Å². The second-order valence-corrected chi connectivity index (χ2v) is 13.0. The number of fused-ring (bicyclic) bond motifs is 2. The molecular formula is C29H20BBr4F2IO4. The first-order chi connectivity index (χ1) is 19.0. The molecule has 0 aliphatic heterocycles. The molecule has 6 rings (SSSR count). The van der Waals surface area contributed by atoms with Gasteiger partial charge in [-0.15, -0.1) is 0 Å². The summed E-state index contributed by atoms with van der Waals surface area (Å²) in [6.07, 6.45) is 0. The zero-order chi connectivity index (χ0) is 29.0. The van der Waals surface area contributed by atoms with Crippen molar-refractivity contribution >= 4 is 121 Å². The topological polar surface area (TPSA) is 66.7 Å². The van der Waals surface area contributed by atoms with Crippen LogP contribution >= 0.6 is 86.3 Å². The van der Waals surface area contributed by atoms with Crippen LogP contribution in [0.4, 0.5) is 8.78 Å². The van der Waals surface area contributed by atoms with Crippen LogP contribution in [0, 0.1) is 15.2 Å². The summed E-state index contributed by atoms with van der Waals surface area (Å²) in [5, 5.41) is 19.5. The average Bonchev–Trinajstić information content (AvgIpc) is 3.53. The monoisotopic (exact) mass is 924 g/mol. The molecule has 6 aromatic rings. The molecule has 2 aromatic heterocycles. The van der Waals surface area contributed by atoms with Crippen molar-refractivity contribution in [2.75, 3.05) is 0 Å². The first-order valence-corrected chi connectivity index (χ1v) is 15.6. The summed E-state index contributed by atoms with van der Waals surface area (Å²) in [5.41, 5.74) is 2.32. The quantitative estimate of drug-likeness (QED) is 0.103. The highest BCUT2D eigenvalue weighted by atomic mass is 127. The SMILES string of the molecule is C.Fc1cc(-c2cc3cc(Br)ccc3o2)ccc1Br.Fc1cc(I)ccc1Br.OB(O)c1cc2cc(Br)ccc2o1. The van der Waals surface area contributed by atoms with Crippen molar-refractivity contribution < 1.29 is 27.7 Å². The highest BCUT2D eigenvalue weighted by molar-refractivity contribution is 14.1. The molecule has 2 N–H and O–H groups in total. The van der Waals surface area contributed by atoms with Gasteiger partial charge in [-0.05, 0) is 139 Å². The van der Waals surface area contributed by atoms with Crippen LogP contribution in [0.5, 0.6) is 0 Å². The van der Waals surface area contributed by atoms with Crippen molar-refractivity contribution in [1.29, 1.82) is 0 Å². The minimum Gasteiger partial charge on any atom is -0.465 e. The molecule has 2 heterocycles. The first kappa shape index (κ1) is 34.0. The molecular weight excluding hydrogens is 908 g/mol. The van der Waals surface area contributed by atoms with Crippen LogP contribution in [0.1, 0.15) is 7.43 Å². The van der Waals surface area contributed by atoms with Crippen LogP contribution in [0.15, 0.2) is 112 Å². The molecule has 0 aliphatic rings. The lowest BCUT2D eigenvalue weighted by molar-refractivity contribution is 0.412. The Labute approximate surface area is 282 Å². The van der Waals surface area contributed by atoms with Gasteiger partial charge in [0.1, 0.15) is 34.2 Å². The molecule has 0 amide bonds. The van der Waals surface area contributed by atoms with Gasteiger partial charge in [-0.25, -0.2) is 8.78 Å². The van der Waals surface area contributed by atoms with E-state index in [0.29, 0.717) is 20.3 Å². The second kappa shape index (κ2) is 15.3. The summed E-state index contributed by atoms with van der Waals surface area (Å²) in [6, 6.07) is 24.7. The molecule has 4 nitrogen and oxygen atoms in total. The van der Waals surface area contributed by atoms with E-state index in [0.717, 1.165) is 34.4 Å². The Hall–Kier alpha value is -1.55. The van der Waals surface area contributed by atoms with Gasteiger partial charge in [0.15, 0.2) is 0 Å². The van der Waals surface area contributed by atoms with Crippen LogP contribution in [0.2, 0.25) is 0 Å². The van der Waals surface area contributed by atoms with Crippen LogP contribution in [0.25, 0.3) is 33.3 Å². The fourth-order valence-corrected chi connectivity index (χ4v) is 5.14. The van der Waals surface area contributed by atoms with E-state index in [4.69, 9.17) is 18.9 Å². The van der Waals surface area contributed by atoms with Crippen molar-refractivity contribution in [2.24, 2.45) is 0 Å². The fraction of sp³-hybridized carbons (Fsp3) is 0.0345. The van der Waals surface area contributed by atoms with E-state index in [9.17, 15) is 8.78 Å². The van der Waals surface area contributed by atoms with Gasteiger partial charge in [-0.2, -0.15) is 0 Å². The van der Waals surface area contributed by atoms with Gasteiger partial charge in [-0.1, -0.05) is 39.3 Å². The van der Waals surface area contributed by atoms with Crippen LogP contribution in [0.3, 0.4) is 0 Å². The Kier molecular flexibility index (Phi) is 12.6. The minimum atomic E-state index is -1.55. The van der Waals surface area contributed by atoms with Gasteiger partial charge in [-0.3, -0.25) is 0 Å². The van der Waals surface area contributed by atoms with Gasteiger partial charge in [0.25, 0.3) is 0 Å². The molecule has 0 bridgehead atoms. The van der Waals surface area contributed by atoms with Crippen LogP contribution < -0.4 is 5.66 Å². The fourth-order valence-electron chi connectivity index (χ4n) is 3.44. The largest absolute Gasteiger partial charge is 0.526 e. The van der Waals surface area contributed by atoms with Crippen LogP contribution in [-0.2, 0) is 0 Å². The van der Waals surface area contributed by atoms with Gasteiger partial charge in [0.05, 0.1) is 8.95 Å². The van der Waals surface area contributed by atoms with E-state index in [2.05, 4.69) is 86.3 Å². The van der Waals surface area contributed by atoms with E-state index in [-0.39, 0.29) is 24.7 Å². The molecule has 212 valence electrons. The Morgan fingerprint density at radius 2 is 1.17 bits per heavy atom. The predicted molar refractivity (Wildman–Crippen MR) is 184 cm³/mol. The molecule has 41 heavy (non-hydrogen) atoms. The molecule has 0 atom stereocenters. The summed E-state index contributed by atoms with van der Waals surface area (Å²) < 4.78 is 40.7. The third kappa shape index (κ3) is 9.22. The molecule has 0 spiro atoms. The van der Waals surface area contributed by atoms with Crippen molar-refractivity contribution in [2.45, 2.75) is 7.43 Å². The molecule has 0 saturated carbocycles. The van der Waals surface area contributed by atoms with E-state index in [1.54, 1.807) is 24.3 Å². The summed E-state index contributed by atoms with van der Waals surface area (Å²) >= 11 is 15.0. The zero-order valence-corrected chi connectivity index (χ0v) is 28.5. The maximum Gasteiger partial charge on any atom is 0.526 e. The molecule has 12 heteroatoms. The standard InChI is InChI=1S/C14H7Br2FO.C8H6BBrO3.C6H3BrFI.CH4/c15-10-2-4-13-9(5-10)7-14(18-13)8-1-3-11(16)12(17)6-8;10-6-1-2-7-5(3-6)4-8(13-7)9(11)12;7-5-2-1-4(9)3-6(5)8;/h1-7H;1-4,11-12H;1-3H;1H4. The Morgan fingerprint density at radius 3 is 1.71 bits per heavy atom. The summed E-state index contributed by atoms with van der Waals surface area (Å²) in [7, 11) is -1.55. The number of rotatable bonds is 2.